The molecular weight excluding hydrogens is 472 g/mol. The third-order valence-corrected chi connectivity index (χ3v) is 7.60. The number of Topliss-reactive ketones (excluding diaryl/α,β-unsaturated/α-hetero) is 1. The molecule has 1 aliphatic heterocycles. The molecule has 2 aromatic carbocycles. The van der Waals surface area contributed by atoms with E-state index in [1.807, 2.05) is 0 Å². The van der Waals surface area contributed by atoms with E-state index < -0.39 is 11.7 Å². The molecule has 0 atom stereocenters. The minimum absolute atomic E-state index is 0.00423. The van der Waals surface area contributed by atoms with Gasteiger partial charge in [-0.15, -0.1) is 0 Å². The molecule has 2 fully saturated rings. The van der Waals surface area contributed by atoms with E-state index in [0.717, 1.165) is 76.7 Å². The van der Waals surface area contributed by atoms with Gasteiger partial charge in [0.15, 0.2) is 5.78 Å². The first-order valence-corrected chi connectivity index (χ1v) is 12.7. The number of carbonyl (C=O) groups excluding carboxylic acids is 2. The number of carbonyl (C=O) groups is 2. The minimum atomic E-state index is -4.41. The van der Waals surface area contributed by atoms with E-state index in [-0.39, 0.29) is 35.0 Å². The van der Waals surface area contributed by atoms with Crippen LogP contribution in [-0.2, 0) is 6.18 Å². The van der Waals surface area contributed by atoms with Gasteiger partial charge in [-0.1, -0.05) is 0 Å². The number of nitrogens with zero attached hydrogens (tertiary/aromatic N) is 1. The number of hydrogen-bond acceptors (Lipinski definition) is 3. The van der Waals surface area contributed by atoms with Crippen LogP contribution in [0.25, 0.3) is 0 Å². The Balaban J connectivity index is 1.14. The van der Waals surface area contributed by atoms with Gasteiger partial charge in [-0.25, -0.2) is 4.39 Å². The van der Waals surface area contributed by atoms with Gasteiger partial charge in [0.05, 0.1) is 5.56 Å². The second kappa shape index (κ2) is 11.5. The van der Waals surface area contributed by atoms with Crippen LogP contribution in [0.15, 0.2) is 48.5 Å². The quantitative estimate of drug-likeness (QED) is 0.365. The van der Waals surface area contributed by atoms with Crippen LogP contribution in [0.5, 0.6) is 0 Å². The number of nitrogens with one attached hydrogen (secondary N) is 1. The Bertz CT molecular complexity index is 1020. The van der Waals surface area contributed by atoms with Gasteiger partial charge in [0.25, 0.3) is 5.91 Å². The molecule has 2 aliphatic rings. The van der Waals surface area contributed by atoms with Gasteiger partial charge < -0.3 is 10.2 Å². The first-order chi connectivity index (χ1) is 17.2. The molecule has 1 N–H and O–H groups in total. The smallest absolute Gasteiger partial charge is 0.349 e. The van der Waals surface area contributed by atoms with Crippen LogP contribution in [0.2, 0.25) is 0 Å². The molecule has 194 valence electrons. The van der Waals surface area contributed by atoms with Gasteiger partial charge in [0, 0.05) is 23.1 Å². The van der Waals surface area contributed by atoms with Gasteiger partial charge in [0.2, 0.25) is 0 Å². The number of hydrogen-bond donors (Lipinski definition) is 1. The highest BCUT2D eigenvalue weighted by Gasteiger charge is 2.31. The van der Waals surface area contributed by atoms with Gasteiger partial charge in [0.1, 0.15) is 5.82 Å². The van der Waals surface area contributed by atoms with Crippen molar-refractivity contribution in [2.24, 2.45) is 11.8 Å². The molecule has 0 aromatic heterocycles. The minimum Gasteiger partial charge on any atom is -0.349 e. The third-order valence-electron chi connectivity index (χ3n) is 7.60. The molecule has 0 radical (unpaired) electrons. The monoisotopic (exact) mass is 504 g/mol. The van der Waals surface area contributed by atoms with Crippen molar-refractivity contribution in [2.45, 2.75) is 57.2 Å². The molecule has 1 aliphatic carbocycles. The highest BCUT2D eigenvalue weighted by atomic mass is 19.4. The van der Waals surface area contributed by atoms with E-state index in [2.05, 4.69) is 10.2 Å². The zero-order valence-corrected chi connectivity index (χ0v) is 20.2. The number of piperidine rings is 1. The summed E-state index contributed by atoms with van der Waals surface area (Å²) in [6.45, 7) is 2.76. The summed E-state index contributed by atoms with van der Waals surface area (Å²) in [5, 5.41) is 2.97. The number of amides is 1. The van der Waals surface area contributed by atoms with E-state index in [0.29, 0.717) is 11.5 Å². The van der Waals surface area contributed by atoms with Crippen molar-refractivity contribution in [3.05, 3.63) is 71.0 Å². The largest absolute Gasteiger partial charge is 0.416 e. The van der Waals surface area contributed by atoms with Crippen LogP contribution in [0.4, 0.5) is 17.6 Å². The summed E-state index contributed by atoms with van der Waals surface area (Å²) in [6.07, 6.45) is 2.06. The maximum atomic E-state index is 13.1. The maximum absolute atomic E-state index is 13.1. The van der Waals surface area contributed by atoms with Crippen LogP contribution in [-0.4, -0.2) is 42.3 Å². The molecule has 1 amide bonds. The second-order valence-corrected chi connectivity index (χ2v) is 10.0. The second-order valence-electron chi connectivity index (χ2n) is 10.0. The molecule has 4 rings (SSSR count). The first kappa shape index (κ1) is 26.3. The summed E-state index contributed by atoms with van der Waals surface area (Å²) in [6, 6.07) is 10.2. The standard InChI is InChI=1S/C28H32F4N2O2/c29-24-9-5-20(6-10-24)26(35)21-14-17-34(18-15-21)16-13-19-1-11-25(12-2-19)33-27(36)22-3-7-23(8-4-22)28(30,31)32/h3-10,19,21,25H,1-2,11-18H2,(H,33,36)/t19-,25-. The summed E-state index contributed by atoms with van der Waals surface area (Å²) in [4.78, 5) is 27.5. The van der Waals surface area contributed by atoms with Gasteiger partial charge >= 0.3 is 6.18 Å². The van der Waals surface area contributed by atoms with Crippen LogP contribution >= 0.6 is 0 Å². The van der Waals surface area contributed by atoms with Crippen molar-refractivity contribution in [3.8, 4) is 0 Å². The Morgan fingerprint density at radius 3 is 2.00 bits per heavy atom. The predicted molar refractivity (Wildman–Crippen MR) is 129 cm³/mol. The van der Waals surface area contributed by atoms with E-state index in [1.165, 1.54) is 24.3 Å². The fraction of sp³-hybridized carbons (Fsp3) is 0.500. The van der Waals surface area contributed by atoms with Gasteiger partial charge in [-0.05, 0) is 119 Å². The normalized spacial score (nSPS) is 21.8. The average Bonchev–Trinajstić information content (AvgIpc) is 2.88. The molecule has 4 nitrogen and oxygen atoms in total. The van der Waals surface area contributed by atoms with Crippen molar-refractivity contribution in [1.82, 2.24) is 10.2 Å². The fourth-order valence-corrected chi connectivity index (χ4v) is 5.31. The number of likely N-dealkylation sites (tertiary alicyclic amines) is 1. The van der Waals surface area contributed by atoms with Crippen LogP contribution in [0, 0.1) is 17.7 Å². The van der Waals surface area contributed by atoms with E-state index in [4.69, 9.17) is 0 Å². The lowest BCUT2D eigenvalue weighted by atomic mass is 9.83. The van der Waals surface area contributed by atoms with Crippen LogP contribution < -0.4 is 5.32 Å². The zero-order chi connectivity index (χ0) is 25.7. The third kappa shape index (κ3) is 6.93. The Morgan fingerprint density at radius 1 is 0.833 bits per heavy atom. The molecule has 1 saturated heterocycles. The zero-order valence-electron chi connectivity index (χ0n) is 20.2. The van der Waals surface area contributed by atoms with Crippen LogP contribution in [0.1, 0.15) is 71.2 Å². The van der Waals surface area contributed by atoms with Crippen molar-refractivity contribution in [3.63, 3.8) is 0 Å². The van der Waals surface area contributed by atoms with E-state index in [9.17, 15) is 27.2 Å². The number of rotatable bonds is 7. The van der Waals surface area contributed by atoms with Crippen molar-refractivity contribution >= 4 is 11.7 Å². The van der Waals surface area contributed by atoms with Crippen LogP contribution in [0.3, 0.4) is 0 Å². The predicted octanol–water partition coefficient (Wildman–Crippen LogP) is 6.12. The fourth-order valence-electron chi connectivity index (χ4n) is 5.31. The molecule has 0 bridgehead atoms. The maximum Gasteiger partial charge on any atom is 0.416 e. The topological polar surface area (TPSA) is 49.4 Å². The van der Waals surface area contributed by atoms with E-state index >= 15 is 0 Å². The molecule has 1 saturated carbocycles. The lowest BCUT2D eigenvalue weighted by Gasteiger charge is -2.34. The Morgan fingerprint density at radius 2 is 1.42 bits per heavy atom. The Kier molecular flexibility index (Phi) is 8.44. The number of halogens is 4. The molecule has 36 heavy (non-hydrogen) atoms. The summed E-state index contributed by atoms with van der Waals surface area (Å²) < 4.78 is 51.2. The number of ketones is 1. The Labute approximate surface area is 209 Å². The molecule has 2 aromatic rings. The summed E-state index contributed by atoms with van der Waals surface area (Å²) in [7, 11) is 0. The van der Waals surface area contributed by atoms with Crippen molar-refractivity contribution in [1.29, 1.82) is 0 Å². The number of alkyl halides is 3. The molecule has 1 heterocycles. The Hall–Kier alpha value is -2.74. The first-order valence-electron chi connectivity index (χ1n) is 12.7. The van der Waals surface area contributed by atoms with Gasteiger partial charge in [-0.2, -0.15) is 13.2 Å². The van der Waals surface area contributed by atoms with Gasteiger partial charge in [-0.3, -0.25) is 9.59 Å². The molecular formula is C28H32F4N2O2. The molecule has 8 heteroatoms. The summed E-state index contributed by atoms with van der Waals surface area (Å²) in [5.74, 6) is 0.0201. The molecule has 0 spiro atoms. The highest BCUT2D eigenvalue weighted by Crippen LogP contribution is 2.30. The SMILES string of the molecule is O=C(N[C@H]1CC[C@H](CCN2CCC(C(=O)c3ccc(F)cc3)CC2)CC1)c1ccc(C(F)(F)F)cc1. The van der Waals surface area contributed by atoms with Crippen molar-refractivity contribution < 1.29 is 27.2 Å². The highest BCUT2D eigenvalue weighted by molar-refractivity contribution is 5.97. The summed E-state index contributed by atoms with van der Waals surface area (Å²) >= 11 is 0. The van der Waals surface area contributed by atoms with E-state index in [1.54, 1.807) is 12.1 Å². The average molecular weight is 505 g/mol. The number of benzene rings is 2. The lowest BCUT2D eigenvalue weighted by Crippen LogP contribution is -2.39. The molecule has 0 unspecified atom stereocenters. The lowest BCUT2D eigenvalue weighted by molar-refractivity contribution is -0.137. The summed E-state index contributed by atoms with van der Waals surface area (Å²) in [5.41, 5.74) is 0.0618. The van der Waals surface area contributed by atoms with Crippen molar-refractivity contribution in [2.75, 3.05) is 19.6 Å².